The maximum atomic E-state index is 12.7. The fraction of sp³-hybridized carbons (Fsp3) is 0.0909. The van der Waals surface area contributed by atoms with Gasteiger partial charge in [0.2, 0.25) is 11.7 Å². The molecule has 0 aliphatic heterocycles. The number of alkyl halides is 2. The maximum Gasteiger partial charge on any atom is 0.374 e. The number of carboxylic acids is 1. The van der Waals surface area contributed by atoms with Crippen LogP contribution in [0.15, 0.2) is 31.6 Å². The second-order valence-electron chi connectivity index (χ2n) is 3.46. The van der Waals surface area contributed by atoms with Crippen LogP contribution in [0.5, 0.6) is 0 Å². The number of oxazole rings is 1. The van der Waals surface area contributed by atoms with Crippen LogP contribution in [-0.4, -0.2) is 16.1 Å². The molecule has 0 bridgehead atoms. The van der Waals surface area contributed by atoms with Crippen LogP contribution in [-0.2, 0) is 0 Å². The topological polar surface area (TPSA) is 63.3 Å². The first-order valence-corrected chi connectivity index (χ1v) is 6.46. The molecule has 1 aromatic carbocycles. The third-order valence-corrected chi connectivity index (χ3v) is 3.37. The average Bonchev–Trinajstić information content (AvgIpc) is 2.73. The number of hydrogen-bond acceptors (Lipinski definition) is 3. The summed E-state index contributed by atoms with van der Waals surface area (Å²) in [5, 5.41) is 8.80. The Morgan fingerprint density at radius 1 is 1.37 bits per heavy atom. The Balaban J connectivity index is 2.57. The van der Waals surface area contributed by atoms with Crippen molar-refractivity contribution in [2.45, 2.75) is 6.43 Å². The van der Waals surface area contributed by atoms with Crippen molar-refractivity contribution in [1.82, 2.24) is 4.98 Å². The summed E-state index contributed by atoms with van der Waals surface area (Å²) < 4.78 is 31.6. The smallest absolute Gasteiger partial charge is 0.374 e. The van der Waals surface area contributed by atoms with Gasteiger partial charge in [-0.1, -0.05) is 15.9 Å². The molecule has 1 heterocycles. The van der Waals surface area contributed by atoms with Crippen molar-refractivity contribution in [3.05, 3.63) is 38.6 Å². The van der Waals surface area contributed by atoms with Gasteiger partial charge < -0.3 is 9.52 Å². The van der Waals surface area contributed by atoms with Crippen molar-refractivity contribution < 1.29 is 23.1 Å². The normalized spacial score (nSPS) is 11.0. The van der Waals surface area contributed by atoms with Gasteiger partial charge in [-0.2, -0.15) is 0 Å². The summed E-state index contributed by atoms with van der Waals surface area (Å²) >= 11 is 6.47. The first-order valence-electron chi connectivity index (χ1n) is 4.87. The fourth-order valence-corrected chi connectivity index (χ4v) is 2.63. The number of rotatable bonds is 3. The molecule has 0 aliphatic rings. The second kappa shape index (κ2) is 5.38. The number of carbonyl (C=O) groups is 1. The van der Waals surface area contributed by atoms with E-state index in [0.717, 1.165) is 4.47 Å². The number of carboxylic acid groups (broad SMARTS) is 1. The van der Waals surface area contributed by atoms with Gasteiger partial charge in [-0.15, -0.1) is 0 Å². The lowest BCUT2D eigenvalue weighted by Crippen LogP contribution is -1.99. The Hall–Kier alpha value is -1.28. The Morgan fingerprint density at radius 2 is 2.05 bits per heavy atom. The van der Waals surface area contributed by atoms with E-state index in [-0.39, 0.29) is 5.89 Å². The van der Waals surface area contributed by atoms with Crippen molar-refractivity contribution >= 4 is 37.8 Å². The zero-order valence-electron chi connectivity index (χ0n) is 9.03. The highest BCUT2D eigenvalue weighted by Crippen LogP contribution is 2.33. The maximum absolute atomic E-state index is 12.7. The highest BCUT2D eigenvalue weighted by atomic mass is 79.9. The van der Waals surface area contributed by atoms with E-state index in [1.807, 2.05) is 0 Å². The van der Waals surface area contributed by atoms with E-state index in [0.29, 0.717) is 10.0 Å². The first-order chi connectivity index (χ1) is 8.90. The van der Waals surface area contributed by atoms with E-state index in [9.17, 15) is 13.6 Å². The van der Waals surface area contributed by atoms with Crippen LogP contribution in [0.3, 0.4) is 0 Å². The molecule has 0 saturated heterocycles. The van der Waals surface area contributed by atoms with Crippen LogP contribution < -0.4 is 0 Å². The van der Waals surface area contributed by atoms with E-state index >= 15 is 0 Å². The van der Waals surface area contributed by atoms with E-state index in [4.69, 9.17) is 9.52 Å². The van der Waals surface area contributed by atoms with Gasteiger partial charge in [0.1, 0.15) is 0 Å². The minimum atomic E-state index is -3.02. The summed E-state index contributed by atoms with van der Waals surface area (Å²) in [6, 6.07) is 4.90. The largest absolute Gasteiger partial charge is 0.475 e. The van der Waals surface area contributed by atoms with E-state index in [1.54, 1.807) is 18.2 Å². The molecule has 0 spiro atoms. The van der Waals surface area contributed by atoms with E-state index in [1.165, 1.54) is 0 Å². The lowest BCUT2D eigenvalue weighted by molar-refractivity contribution is 0.0647. The van der Waals surface area contributed by atoms with Crippen LogP contribution in [0.4, 0.5) is 8.78 Å². The fourth-order valence-electron chi connectivity index (χ4n) is 1.41. The molecule has 0 amide bonds. The van der Waals surface area contributed by atoms with Crippen LogP contribution >= 0.6 is 31.9 Å². The first kappa shape index (κ1) is 14.1. The summed E-state index contributed by atoms with van der Waals surface area (Å²) in [6.45, 7) is 0. The number of benzene rings is 1. The van der Waals surface area contributed by atoms with Gasteiger partial charge in [-0.25, -0.2) is 18.6 Å². The van der Waals surface area contributed by atoms with Gasteiger partial charge in [0.15, 0.2) is 5.69 Å². The molecule has 0 saturated carbocycles. The molecular weight excluding hydrogens is 392 g/mol. The summed E-state index contributed by atoms with van der Waals surface area (Å²) in [4.78, 5) is 14.4. The molecule has 19 heavy (non-hydrogen) atoms. The molecule has 0 unspecified atom stereocenters. The van der Waals surface area contributed by atoms with Crippen molar-refractivity contribution in [3.8, 4) is 11.5 Å². The zero-order chi connectivity index (χ0) is 14.2. The number of hydrogen-bond donors (Lipinski definition) is 1. The Kier molecular flexibility index (Phi) is 4.00. The quantitative estimate of drug-likeness (QED) is 0.829. The molecule has 2 rings (SSSR count). The highest BCUT2D eigenvalue weighted by Gasteiger charge is 2.27. The molecule has 4 nitrogen and oxygen atoms in total. The molecule has 0 aliphatic carbocycles. The Labute approximate surface area is 122 Å². The lowest BCUT2D eigenvalue weighted by Gasteiger charge is -1.99. The number of aromatic carboxylic acids is 1. The second-order valence-corrected chi connectivity index (χ2v) is 5.23. The van der Waals surface area contributed by atoms with Crippen LogP contribution in [0.2, 0.25) is 0 Å². The van der Waals surface area contributed by atoms with Crippen molar-refractivity contribution in [2.75, 3.05) is 0 Å². The summed E-state index contributed by atoms with van der Waals surface area (Å²) in [7, 11) is 0. The highest BCUT2D eigenvalue weighted by molar-refractivity contribution is 9.11. The minimum absolute atomic E-state index is 0.174. The minimum Gasteiger partial charge on any atom is -0.475 e. The lowest BCUT2D eigenvalue weighted by atomic mass is 10.2. The molecular formula is C11H5Br2F2NO3. The standard InChI is InChI=1S/C11H5Br2F2NO3/c12-4-1-2-5(6(13)3-4)10-16-7(9(14)15)8(19-10)11(17)18/h1-3,9H,(H,17,18). The molecule has 1 N–H and O–H groups in total. The predicted octanol–water partition coefficient (Wildman–Crippen LogP) is 4.50. The molecule has 8 heteroatoms. The molecule has 0 radical (unpaired) electrons. The van der Waals surface area contributed by atoms with Gasteiger partial charge in [-0.05, 0) is 34.1 Å². The van der Waals surface area contributed by atoms with Crippen molar-refractivity contribution in [2.24, 2.45) is 0 Å². The SMILES string of the molecule is O=C(O)c1oc(-c2ccc(Br)cc2Br)nc1C(F)F. The van der Waals surface area contributed by atoms with Crippen LogP contribution in [0.25, 0.3) is 11.5 Å². The third kappa shape index (κ3) is 2.84. The Bertz CT molecular complexity index is 643. The van der Waals surface area contributed by atoms with Crippen molar-refractivity contribution in [1.29, 1.82) is 0 Å². The monoisotopic (exact) mass is 395 g/mol. The van der Waals surface area contributed by atoms with E-state index in [2.05, 4.69) is 36.8 Å². The van der Waals surface area contributed by atoms with Crippen LogP contribution in [0, 0.1) is 0 Å². The molecule has 1 aromatic heterocycles. The zero-order valence-corrected chi connectivity index (χ0v) is 12.2. The number of nitrogens with zero attached hydrogens (tertiary/aromatic N) is 1. The number of aromatic nitrogens is 1. The predicted molar refractivity (Wildman–Crippen MR) is 69.3 cm³/mol. The van der Waals surface area contributed by atoms with Gasteiger partial charge >= 0.3 is 5.97 Å². The average molecular weight is 397 g/mol. The molecule has 100 valence electrons. The summed E-state index contributed by atoms with van der Waals surface area (Å²) in [6.07, 6.45) is -3.02. The number of halogens is 4. The summed E-state index contributed by atoms with van der Waals surface area (Å²) in [5.41, 5.74) is -0.491. The van der Waals surface area contributed by atoms with Crippen molar-refractivity contribution in [3.63, 3.8) is 0 Å². The van der Waals surface area contributed by atoms with Gasteiger partial charge in [0, 0.05) is 8.95 Å². The Morgan fingerprint density at radius 3 is 2.53 bits per heavy atom. The molecule has 0 atom stereocenters. The van der Waals surface area contributed by atoms with E-state index < -0.39 is 23.8 Å². The van der Waals surface area contributed by atoms with Crippen LogP contribution in [0.1, 0.15) is 22.7 Å². The van der Waals surface area contributed by atoms with Gasteiger partial charge in [0.05, 0.1) is 5.56 Å². The molecule has 0 fully saturated rings. The van der Waals surface area contributed by atoms with Gasteiger partial charge in [0.25, 0.3) is 6.43 Å². The van der Waals surface area contributed by atoms with Gasteiger partial charge in [-0.3, -0.25) is 0 Å². The molecule has 2 aromatic rings. The third-order valence-electron chi connectivity index (χ3n) is 2.22. The summed E-state index contributed by atoms with van der Waals surface area (Å²) in [5.74, 6) is -2.60.